The molecule has 0 heterocycles. The van der Waals surface area contributed by atoms with Gasteiger partial charge in [-0.25, -0.2) is 0 Å². The molecule has 5 aliphatic rings. The highest BCUT2D eigenvalue weighted by atomic mass is 14.7. The zero-order chi connectivity index (χ0) is 26.9. The SMILES string of the molecule is CC1=C(C(C)C)C(C)C2(C)C(C)C3C(C)C4C(C)CCC(CCC5CCCCC5)C4CC3(C)CC2(C)C1. The molecular formula is C37H64. The van der Waals surface area contributed by atoms with E-state index >= 15 is 0 Å². The van der Waals surface area contributed by atoms with Crippen LogP contribution in [0, 0.1) is 75.4 Å². The standard InChI is InChI=1S/C37H64/c1-23(2)32-25(4)20-36(9)22-35(8)21-31-30(19-17-29-14-12-11-13-15-29)18-16-24(3)33(31)26(5)34(35)28(7)37(36,10)27(32)6/h23-24,26-31,33-34H,11-22H2,1-10H3. The molecule has 11 unspecified atom stereocenters. The van der Waals surface area contributed by atoms with E-state index in [9.17, 15) is 0 Å². The third kappa shape index (κ3) is 4.35. The second-order valence-corrected chi connectivity index (χ2v) is 17.0. The molecule has 5 aliphatic carbocycles. The smallest absolute Gasteiger partial charge is 0.0165 e. The van der Waals surface area contributed by atoms with E-state index in [1.54, 1.807) is 18.4 Å². The van der Waals surface area contributed by atoms with Crippen LogP contribution >= 0.6 is 0 Å². The van der Waals surface area contributed by atoms with E-state index in [0.29, 0.717) is 28.1 Å². The lowest BCUT2D eigenvalue weighted by atomic mass is 9.33. The molecule has 0 N–H and O–H groups in total. The number of rotatable bonds is 4. The van der Waals surface area contributed by atoms with Crippen molar-refractivity contribution in [2.45, 2.75) is 146 Å². The third-order valence-corrected chi connectivity index (χ3v) is 14.8. The zero-order valence-corrected chi connectivity index (χ0v) is 26.8. The summed E-state index contributed by atoms with van der Waals surface area (Å²) in [6, 6.07) is 0. The van der Waals surface area contributed by atoms with E-state index < -0.39 is 0 Å². The molecule has 37 heavy (non-hydrogen) atoms. The Bertz CT molecular complexity index is 857. The highest BCUT2D eigenvalue weighted by Crippen LogP contribution is 2.74. The molecule has 4 fully saturated rings. The molecule has 0 aromatic rings. The lowest BCUT2D eigenvalue weighted by molar-refractivity contribution is -0.216. The lowest BCUT2D eigenvalue weighted by Gasteiger charge is -2.72. The summed E-state index contributed by atoms with van der Waals surface area (Å²) in [4.78, 5) is 0. The summed E-state index contributed by atoms with van der Waals surface area (Å²) in [5.41, 5.74) is 4.92. The monoisotopic (exact) mass is 509 g/mol. The van der Waals surface area contributed by atoms with Gasteiger partial charge in [-0.15, -0.1) is 0 Å². The van der Waals surface area contributed by atoms with Gasteiger partial charge < -0.3 is 0 Å². The third-order valence-electron chi connectivity index (χ3n) is 14.8. The Kier molecular flexibility index (Phi) is 7.63. The Morgan fingerprint density at radius 2 is 1.54 bits per heavy atom. The van der Waals surface area contributed by atoms with Crippen molar-refractivity contribution in [1.82, 2.24) is 0 Å². The first-order valence-electron chi connectivity index (χ1n) is 17.0. The Labute approximate surface area is 232 Å². The summed E-state index contributed by atoms with van der Waals surface area (Å²) in [6.07, 6.45) is 18.1. The summed E-state index contributed by atoms with van der Waals surface area (Å²) in [6.45, 7) is 26.5. The Morgan fingerprint density at radius 3 is 2.19 bits per heavy atom. The normalized spacial score (nSPS) is 51.0. The fraction of sp³-hybridized carbons (Fsp3) is 0.946. The second-order valence-electron chi connectivity index (χ2n) is 17.0. The highest BCUT2D eigenvalue weighted by Gasteiger charge is 2.67. The predicted molar refractivity (Wildman–Crippen MR) is 161 cm³/mol. The quantitative estimate of drug-likeness (QED) is 0.331. The first-order chi connectivity index (χ1) is 17.3. The van der Waals surface area contributed by atoms with E-state index in [4.69, 9.17) is 0 Å². The molecule has 0 aromatic carbocycles. The van der Waals surface area contributed by atoms with Crippen LogP contribution in [0.1, 0.15) is 146 Å². The molecule has 0 saturated heterocycles. The van der Waals surface area contributed by atoms with Crippen molar-refractivity contribution in [3.63, 3.8) is 0 Å². The Balaban J connectivity index is 1.46. The molecule has 0 nitrogen and oxygen atoms in total. The van der Waals surface area contributed by atoms with Crippen LogP contribution in [0.2, 0.25) is 0 Å². The summed E-state index contributed by atoms with van der Waals surface area (Å²) >= 11 is 0. The molecule has 0 amide bonds. The summed E-state index contributed by atoms with van der Waals surface area (Å²) in [5.74, 6) is 8.94. The molecule has 0 radical (unpaired) electrons. The fourth-order valence-electron chi connectivity index (χ4n) is 13.5. The van der Waals surface area contributed by atoms with Crippen molar-refractivity contribution < 1.29 is 0 Å². The summed E-state index contributed by atoms with van der Waals surface area (Å²) in [5, 5.41) is 0. The molecular weight excluding hydrogens is 444 g/mol. The van der Waals surface area contributed by atoms with Crippen LogP contribution in [-0.4, -0.2) is 0 Å². The molecule has 0 spiro atoms. The van der Waals surface area contributed by atoms with Gasteiger partial charge in [0.15, 0.2) is 0 Å². The maximum Gasteiger partial charge on any atom is -0.0165 e. The lowest BCUT2D eigenvalue weighted by Crippen LogP contribution is -2.65. The van der Waals surface area contributed by atoms with Crippen molar-refractivity contribution in [3.8, 4) is 0 Å². The van der Waals surface area contributed by atoms with Gasteiger partial charge in [0.1, 0.15) is 0 Å². The Morgan fingerprint density at radius 1 is 0.865 bits per heavy atom. The summed E-state index contributed by atoms with van der Waals surface area (Å²) < 4.78 is 0. The molecule has 11 atom stereocenters. The highest BCUT2D eigenvalue weighted by molar-refractivity contribution is 5.30. The zero-order valence-electron chi connectivity index (χ0n) is 26.8. The minimum Gasteiger partial charge on any atom is -0.0730 e. The molecule has 0 aliphatic heterocycles. The van der Waals surface area contributed by atoms with Crippen molar-refractivity contribution >= 4 is 0 Å². The van der Waals surface area contributed by atoms with Gasteiger partial charge in [0, 0.05) is 0 Å². The molecule has 0 bridgehead atoms. The van der Waals surface area contributed by atoms with Crippen LogP contribution in [-0.2, 0) is 0 Å². The van der Waals surface area contributed by atoms with Crippen LogP contribution < -0.4 is 0 Å². The van der Waals surface area contributed by atoms with Crippen LogP contribution in [0.15, 0.2) is 11.1 Å². The van der Waals surface area contributed by atoms with E-state index in [-0.39, 0.29) is 0 Å². The molecule has 0 aromatic heterocycles. The number of hydrogen-bond acceptors (Lipinski definition) is 0. The number of fused-ring (bicyclic) bond motifs is 3. The van der Waals surface area contributed by atoms with Gasteiger partial charge in [0.25, 0.3) is 0 Å². The van der Waals surface area contributed by atoms with Gasteiger partial charge in [-0.1, -0.05) is 118 Å². The average molecular weight is 509 g/mol. The van der Waals surface area contributed by atoms with Crippen molar-refractivity contribution in [2.75, 3.05) is 0 Å². The van der Waals surface area contributed by atoms with Gasteiger partial charge in [-0.2, -0.15) is 0 Å². The second kappa shape index (κ2) is 9.98. The van der Waals surface area contributed by atoms with Crippen molar-refractivity contribution in [3.05, 3.63) is 11.1 Å². The van der Waals surface area contributed by atoms with Crippen LogP contribution in [0.5, 0.6) is 0 Å². The van der Waals surface area contributed by atoms with E-state index in [1.165, 1.54) is 64.2 Å². The predicted octanol–water partition coefficient (Wildman–Crippen LogP) is 11.4. The van der Waals surface area contributed by atoms with Gasteiger partial charge in [0.2, 0.25) is 0 Å². The minimum atomic E-state index is 0.412. The van der Waals surface area contributed by atoms with Crippen LogP contribution in [0.25, 0.3) is 0 Å². The molecule has 4 saturated carbocycles. The average Bonchev–Trinajstić information content (AvgIpc) is 2.81. The summed E-state index contributed by atoms with van der Waals surface area (Å²) in [7, 11) is 0. The molecule has 0 heteroatoms. The fourth-order valence-corrected chi connectivity index (χ4v) is 13.5. The van der Waals surface area contributed by atoms with E-state index in [2.05, 4.69) is 69.2 Å². The number of hydrogen-bond donors (Lipinski definition) is 0. The first kappa shape index (κ1) is 28.3. The maximum absolute atomic E-state index is 2.80. The van der Waals surface area contributed by atoms with Gasteiger partial charge >= 0.3 is 0 Å². The minimum absolute atomic E-state index is 0.412. The van der Waals surface area contributed by atoms with E-state index in [1.807, 2.05) is 5.57 Å². The largest absolute Gasteiger partial charge is 0.0730 e. The van der Waals surface area contributed by atoms with Gasteiger partial charge in [0.05, 0.1) is 0 Å². The molecule has 5 rings (SSSR count). The van der Waals surface area contributed by atoms with Crippen LogP contribution in [0.3, 0.4) is 0 Å². The van der Waals surface area contributed by atoms with Gasteiger partial charge in [-0.3, -0.25) is 0 Å². The maximum atomic E-state index is 2.80. The first-order valence-corrected chi connectivity index (χ1v) is 17.0. The topological polar surface area (TPSA) is 0 Å². The molecule has 212 valence electrons. The van der Waals surface area contributed by atoms with Crippen LogP contribution in [0.4, 0.5) is 0 Å². The van der Waals surface area contributed by atoms with Gasteiger partial charge in [-0.05, 0) is 114 Å². The number of allylic oxidation sites excluding steroid dienone is 2. The Hall–Kier alpha value is -0.260. The van der Waals surface area contributed by atoms with E-state index in [0.717, 1.165) is 47.3 Å². The van der Waals surface area contributed by atoms with Crippen molar-refractivity contribution in [1.29, 1.82) is 0 Å². The van der Waals surface area contributed by atoms with Crippen molar-refractivity contribution in [2.24, 2.45) is 75.4 Å².